The van der Waals surface area contributed by atoms with Crippen LogP contribution in [0.4, 0.5) is 5.69 Å². The van der Waals surface area contributed by atoms with Crippen LogP contribution in [0.2, 0.25) is 0 Å². The van der Waals surface area contributed by atoms with Gasteiger partial charge < -0.3 is 5.32 Å². The summed E-state index contributed by atoms with van der Waals surface area (Å²) in [5.41, 5.74) is 5.38. The van der Waals surface area contributed by atoms with Gasteiger partial charge in [-0.2, -0.15) is 5.26 Å². The van der Waals surface area contributed by atoms with Gasteiger partial charge in [-0.3, -0.25) is 4.79 Å². The summed E-state index contributed by atoms with van der Waals surface area (Å²) >= 11 is 1.29. The number of carbonyl (C=O) groups excluding carboxylic acids is 1. The summed E-state index contributed by atoms with van der Waals surface area (Å²) < 4.78 is 0. The Balaban J connectivity index is 1.81. The standard InChI is InChI=1S/C21H19N3OS/c1-13-8-15(3)17-10-16(11-22)21(24-19(17)9-13)26-12-20(25)23-18-7-5-4-6-14(18)2/h4-10H,12H2,1-3H3,(H,23,25). The van der Waals surface area contributed by atoms with E-state index in [0.29, 0.717) is 10.6 Å². The van der Waals surface area contributed by atoms with Crippen LogP contribution in [-0.4, -0.2) is 16.6 Å². The molecule has 0 bridgehead atoms. The largest absolute Gasteiger partial charge is 0.325 e. The predicted molar refractivity (Wildman–Crippen MR) is 106 cm³/mol. The van der Waals surface area contributed by atoms with Gasteiger partial charge in [0.1, 0.15) is 11.1 Å². The molecule has 0 radical (unpaired) electrons. The Kier molecular flexibility index (Phi) is 5.24. The van der Waals surface area contributed by atoms with Gasteiger partial charge >= 0.3 is 0 Å². The van der Waals surface area contributed by atoms with E-state index in [2.05, 4.69) is 22.4 Å². The first-order valence-electron chi connectivity index (χ1n) is 8.28. The number of pyridine rings is 1. The highest BCUT2D eigenvalue weighted by atomic mass is 32.2. The van der Waals surface area contributed by atoms with Gasteiger partial charge in [0.2, 0.25) is 5.91 Å². The van der Waals surface area contributed by atoms with Crippen molar-refractivity contribution in [3.05, 3.63) is 64.7 Å². The van der Waals surface area contributed by atoms with Crippen LogP contribution in [0.1, 0.15) is 22.3 Å². The number of nitriles is 1. The van der Waals surface area contributed by atoms with Crippen molar-refractivity contribution in [3.63, 3.8) is 0 Å². The van der Waals surface area contributed by atoms with Crippen LogP contribution < -0.4 is 5.32 Å². The molecule has 0 aliphatic rings. The lowest BCUT2D eigenvalue weighted by atomic mass is 10.1. The summed E-state index contributed by atoms with van der Waals surface area (Å²) in [5.74, 6) is 0.0854. The normalized spacial score (nSPS) is 10.5. The van der Waals surface area contributed by atoms with Crippen LogP contribution in [0.5, 0.6) is 0 Å². The summed E-state index contributed by atoms with van der Waals surface area (Å²) in [6.07, 6.45) is 0. The Hall–Kier alpha value is -2.84. The van der Waals surface area contributed by atoms with Gasteiger partial charge in [-0.05, 0) is 55.7 Å². The van der Waals surface area contributed by atoms with Crippen LogP contribution in [0.25, 0.3) is 10.9 Å². The molecule has 5 heteroatoms. The minimum Gasteiger partial charge on any atom is -0.325 e. The smallest absolute Gasteiger partial charge is 0.234 e. The van der Waals surface area contributed by atoms with Crippen molar-refractivity contribution >= 4 is 34.3 Å². The minimum atomic E-state index is -0.115. The van der Waals surface area contributed by atoms with Gasteiger partial charge in [-0.1, -0.05) is 36.0 Å². The summed E-state index contributed by atoms with van der Waals surface area (Å²) in [5, 5.41) is 13.9. The number of amides is 1. The van der Waals surface area contributed by atoms with Crippen molar-refractivity contribution in [1.29, 1.82) is 5.26 Å². The first kappa shape index (κ1) is 18.0. The van der Waals surface area contributed by atoms with E-state index in [4.69, 9.17) is 0 Å². The molecule has 1 N–H and O–H groups in total. The second-order valence-electron chi connectivity index (χ2n) is 6.25. The zero-order valence-corrected chi connectivity index (χ0v) is 15.8. The van der Waals surface area contributed by atoms with Gasteiger partial charge in [-0.15, -0.1) is 0 Å². The molecule has 1 amide bonds. The molecule has 0 unspecified atom stereocenters. The third kappa shape index (κ3) is 3.87. The zero-order chi connectivity index (χ0) is 18.7. The lowest BCUT2D eigenvalue weighted by Crippen LogP contribution is -2.15. The Labute approximate surface area is 157 Å². The highest BCUT2D eigenvalue weighted by Crippen LogP contribution is 2.27. The fourth-order valence-corrected chi connectivity index (χ4v) is 3.60. The molecule has 3 aromatic rings. The maximum atomic E-state index is 12.3. The van der Waals surface area contributed by atoms with Crippen molar-refractivity contribution in [2.45, 2.75) is 25.8 Å². The van der Waals surface area contributed by atoms with Gasteiger partial charge in [0.25, 0.3) is 0 Å². The average Bonchev–Trinajstić information content (AvgIpc) is 2.61. The second-order valence-corrected chi connectivity index (χ2v) is 7.22. The molecular formula is C21H19N3OS. The number of para-hydroxylation sites is 1. The third-order valence-electron chi connectivity index (χ3n) is 4.13. The fourth-order valence-electron chi connectivity index (χ4n) is 2.84. The molecule has 130 valence electrons. The maximum absolute atomic E-state index is 12.3. The third-order valence-corrected chi connectivity index (χ3v) is 5.12. The molecule has 26 heavy (non-hydrogen) atoms. The lowest BCUT2D eigenvalue weighted by molar-refractivity contribution is -0.113. The predicted octanol–water partition coefficient (Wildman–Crippen LogP) is 4.76. The SMILES string of the molecule is Cc1cc(C)c2cc(C#N)c(SCC(=O)Nc3ccccc3C)nc2c1. The van der Waals surface area contributed by atoms with Gasteiger partial charge in [0, 0.05) is 11.1 Å². The van der Waals surface area contributed by atoms with Crippen LogP contribution in [0, 0.1) is 32.1 Å². The zero-order valence-electron chi connectivity index (χ0n) is 15.0. The van der Waals surface area contributed by atoms with Crippen molar-refractivity contribution in [1.82, 2.24) is 4.98 Å². The number of thioether (sulfide) groups is 1. The van der Waals surface area contributed by atoms with E-state index in [9.17, 15) is 10.1 Å². The number of hydrogen-bond donors (Lipinski definition) is 1. The first-order chi connectivity index (χ1) is 12.5. The molecular weight excluding hydrogens is 342 g/mol. The van der Waals surface area contributed by atoms with E-state index in [1.165, 1.54) is 11.8 Å². The van der Waals surface area contributed by atoms with Gasteiger partial charge in [-0.25, -0.2) is 4.98 Å². The fraction of sp³-hybridized carbons (Fsp3) is 0.190. The minimum absolute atomic E-state index is 0.115. The van der Waals surface area contributed by atoms with E-state index in [0.717, 1.165) is 33.3 Å². The Morgan fingerprint density at radius 3 is 2.65 bits per heavy atom. The summed E-state index contributed by atoms with van der Waals surface area (Å²) in [6.45, 7) is 5.99. The summed E-state index contributed by atoms with van der Waals surface area (Å²) in [6, 6.07) is 15.8. The van der Waals surface area contributed by atoms with Gasteiger partial charge in [0.05, 0.1) is 16.8 Å². The average molecular weight is 361 g/mol. The molecule has 0 atom stereocenters. The number of hydrogen-bond acceptors (Lipinski definition) is 4. The van der Waals surface area contributed by atoms with E-state index in [-0.39, 0.29) is 11.7 Å². The molecule has 0 saturated carbocycles. The van der Waals surface area contributed by atoms with Crippen molar-refractivity contribution in [2.75, 3.05) is 11.1 Å². The van der Waals surface area contributed by atoms with Crippen LogP contribution in [0.15, 0.2) is 47.5 Å². The Morgan fingerprint density at radius 2 is 1.92 bits per heavy atom. The number of benzene rings is 2. The number of carbonyl (C=O) groups is 1. The van der Waals surface area contributed by atoms with Crippen LogP contribution in [-0.2, 0) is 4.79 Å². The van der Waals surface area contributed by atoms with E-state index < -0.39 is 0 Å². The molecule has 0 fully saturated rings. The highest BCUT2D eigenvalue weighted by Gasteiger charge is 2.12. The molecule has 1 heterocycles. The topological polar surface area (TPSA) is 65.8 Å². The quantitative estimate of drug-likeness (QED) is 0.680. The number of nitrogens with one attached hydrogen (secondary N) is 1. The highest BCUT2D eigenvalue weighted by molar-refractivity contribution is 8.00. The second kappa shape index (κ2) is 7.59. The molecule has 2 aromatic carbocycles. The van der Waals surface area contributed by atoms with Gasteiger partial charge in [0.15, 0.2) is 0 Å². The van der Waals surface area contributed by atoms with Crippen molar-refractivity contribution in [2.24, 2.45) is 0 Å². The number of aryl methyl sites for hydroxylation is 3. The Morgan fingerprint density at radius 1 is 1.15 bits per heavy atom. The maximum Gasteiger partial charge on any atom is 0.234 e. The number of anilines is 1. The lowest BCUT2D eigenvalue weighted by Gasteiger charge is -2.10. The monoisotopic (exact) mass is 361 g/mol. The number of aromatic nitrogens is 1. The summed E-state index contributed by atoms with van der Waals surface area (Å²) in [7, 11) is 0. The Bertz CT molecular complexity index is 1040. The molecule has 4 nitrogen and oxygen atoms in total. The number of rotatable bonds is 4. The first-order valence-corrected chi connectivity index (χ1v) is 9.27. The number of nitrogens with zero attached hydrogens (tertiary/aromatic N) is 2. The van der Waals surface area contributed by atoms with Crippen LogP contribution in [0.3, 0.4) is 0 Å². The van der Waals surface area contributed by atoms with Crippen molar-refractivity contribution < 1.29 is 4.79 Å². The van der Waals surface area contributed by atoms with Crippen molar-refractivity contribution in [3.8, 4) is 6.07 Å². The molecule has 0 saturated heterocycles. The van der Waals surface area contributed by atoms with E-state index in [1.807, 2.05) is 57.2 Å². The molecule has 3 rings (SSSR count). The van der Waals surface area contributed by atoms with E-state index in [1.54, 1.807) is 0 Å². The molecule has 0 aliphatic heterocycles. The molecule has 0 spiro atoms. The number of fused-ring (bicyclic) bond motifs is 1. The molecule has 1 aromatic heterocycles. The van der Waals surface area contributed by atoms with E-state index >= 15 is 0 Å². The molecule has 0 aliphatic carbocycles. The van der Waals surface area contributed by atoms with Crippen LogP contribution >= 0.6 is 11.8 Å². The summed E-state index contributed by atoms with van der Waals surface area (Å²) in [4.78, 5) is 16.9.